The number of rotatable bonds is 7. The number of carbonyl (C=O) groups excluding carboxylic acids is 2. The van der Waals surface area contributed by atoms with Crippen LogP contribution in [-0.2, 0) is 4.79 Å². The largest absolute Gasteiger partial charge is 0.454 e. The number of amides is 2. The summed E-state index contributed by atoms with van der Waals surface area (Å²) in [4.78, 5) is 25.2. The van der Waals surface area contributed by atoms with Crippen molar-refractivity contribution in [3.05, 3.63) is 59.2 Å². The van der Waals surface area contributed by atoms with Gasteiger partial charge in [-0.05, 0) is 41.2 Å². The SMILES string of the molecule is CC(C)c1ccc(/C=N/NC(=O)C(NC(=O)c2ccc3c(c2)OCO3)C(C)C)cc1. The molecular weight excluding hydrogens is 382 g/mol. The maximum atomic E-state index is 12.6. The van der Waals surface area contributed by atoms with Crippen molar-refractivity contribution < 1.29 is 19.1 Å². The predicted molar refractivity (Wildman–Crippen MR) is 115 cm³/mol. The standard InChI is InChI=1S/C23H27N3O4/c1-14(2)17-7-5-16(6-8-17)12-24-26-23(28)21(15(3)4)25-22(27)18-9-10-19-20(11-18)30-13-29-19/h5-12,14-15,21H,13H2,1-4H3,(H,25,27)(H,26,28)/b24-12+. The molecule has 0 aliphatic carbocycles. The Hall–Kier alpha value is -3.35. The Labute approximate surface area is 176 Å². The van der Waals surface area contributed by atoms with E-state index in [1.807, 2.05) is 38.1 Å². The van der Waals surface area contributed by atoms with E-state index >= 15 is 0 Å². The molecule has 2 aromatic carbocycles. The third kappa shape index (κ3) is 5.17. The highest BCUT2D eigenvalue weighted by molar-refractivity contribution is 5.98. The van der Waals surface area contributed by atoms with Crippen LogP contribution in [0.2, 0.25) is 0 Å². The minimum absolute atomic E-state index is 0.122. The topological polar surface area (TPSA) is 89.0 Å². The van der Waals surface area contributed by atoms with Crippen molar-refractivity contribution in [1.29, 1.82) is 0 Å². The van der Waals surface area contributed by atoms with Crippen LogP contribution in [-0.4, -0.2) is 30.9 Å². The summed E-state index contributed by atoms with van der Waals surface area (Å²) in [6.45, 7) is 8.12. The molecule has 1 heterocycles. The summed E-state index contributed by atoms with van der Waals surface area (Å²) in [5.41, 5.74) is 5.03. The summed E-state index contributed by atoms with van der Waals surface area (Å²) in [6, 6.07) is 12.2. The molecule has 0 fully saturated rings. The quantitative estimate of drug-likeness (QED) is 0.542. The van der Waals surface area contributed by atoms with Crippen molar-refractivity contribution in [2.75, 3.05) is 6.79 Å². The van der Waals surface area contributed by atoms with Crippen LogP contribution in [0.5, 0.6) is 11.5 Å². The van der Waals surface area contributed by atoms with Gasteiger partial charge in [0.25, 0.3) is 11.8 Å². The smallest absolute Gasteiger partial charge is 0.262 e. The van der Waals surface area contributed by atoms with E-state index in [1.165, 1.54) is 5.56 Å². The molecule has 0 bridgehead atoms. The van der Waals surface area contributed by atoms with Crippen molar-refractivity contribution in [2.45, 2.75) is 39.7 Å². The van der Waals surface area contributed by atoms with Gasteiger partial charge in [-0.15, -0.1) is 0 Å². The van der Waals surface area contributed by atoms with E-state index in [4.69, 9.17) is 9.47 Å². The summed E-state index contributed by atoms with van der Waals surface area (Å²) in [5.74, 6) is 0.700. The summed E-state index contributed by atoms with van der Waals surface area (Å²) in [5, 5.41) is 6.81. The van der Waals surface area contributed by atoms with Crippen LogP contribution in [0, 0.1) is 5.92 Å². The van der Waals surface area contributed by atoms with Crippen LogP contribution in [0.4, 0.5) is 0 Å². The second kappa shape index (κ2) is 9.43. The maximum absolute atomic E-state index is 12.6. The lowest BCUT2D eigenvalue weighted by Crippen LogP contribution is -2.48. The zero-order valence-electron chi connectivity index (χ0n) is 17.6. The Morgan fingerprint density at radius 1 is 1.00 bits per heavy atom. The van der Waals surface area contributed by atoms with Crippen LogP contribution in [0.15, 0.2) is 47.6 Å². The zero-order chi connectivity index (χ0) is 21.7. The maximum Gasteiger partial charge on any atom is 0.262 e. The van der Waals surface area contributed by atoms with Gasteiger partial charge in [0.2, 0.25) is 6.79 Å². The number of hydrogen-bond donors (Lipinski definition) is 2. The van der Waals surface area contributed by atoms with Gasteiger partial charge in [-0.2, -0.15) is 5.10 Å². The van der Waals surface area contributed by atoms with E-state index < -0.39 is 6.04 Å². The third-order valence-corrected chi connectivity index (χ3v) is 4.86. The van der Waals surface area contributed by atoms with Gasteiger partial charge in [-0.3, -0.25) is 9.59 Å². The van der Waals surface area contributed by atoms with Gasteiger partial charge < -0.3 is 14.8 Å². The molecule has 1 aliphatic rings. The van der Waals surface area contributed by atoms with Gasteiger partial charge in [-0.25, -0.2) is 5.43 Å². The Morgan fingerprint density at radius 3 is 2.37 bits per heavy atom. The minimum Gasteiger partial charge on any atom is -0.454 e. The van der Waals surface area contributed by atoms with E-state index in [1.54, 1.807) is 24.4 Å². The number of benzene rings is 2. The fourth-order valence-corrected chi connectivity index (χ4v) is 3.00. The molecule has 7 nitrogen and oxygen atoms in total. The van der Waals surface area contributed by atoms with Gasteiger partial charge >= 0.3 is 0 Å². The molecule has 158 valence electrons. The van der Waals surface area contributed by atoms with Gasteiger partial charge in [-0.1, -0.05) is 52.0 Å². The lowest BCUT2D eigenvalue weighted by atomic mass is 10.0. The van der Waals surface area contributed by atoms with Crippen LogP contribution >= 0.6 is 0 Å². The van der Waals surface area contributed by atoms with E-state index in [9.17, 15) is 9.59 Å². The molecule has 2 N–H and O–H groups in total. The molecule has 0 saturated heterocycles. The fraction of sp³-hybridized carbons (Fsp3) is 0.348. The van der Waals surface area contributed by atoms with E-state index in [-0.39, 0.29) is 24.5 Å². The van der Waals surface area contributed by atoms with E-state index in [0.29, 0.717) is 23.0 Å². The van der Waals surface area contributed by atoms with Crippen molar-refractivity contribution in [3.8, 4) is 11.5 Å². The molecule has 1 atom stereocenters. The highest BCUT2D eigenvalue weighted by Gasteiger charge is 2.25. The van der Waals surface area contributed by atoms with Crippen molar-refractivity contribution in [1.82, 2.24) is 10.7 Å². The highest BCUT2D eigenvalue weighted by atomic mass is 16.7. The fourth-order valence-electron chi connectivity index (χ4n) is 3.00. The second-order valence-electron chi connectivity index (χ2n) is 7.82. The Morgan fingerprint density at radius 2 is 1.70 bits per heavy atom. The Bertz CT molecular complexity index is 936. The average Bonchev–Trinajstić information content (AvgIpc) is 3.19. The molecule has 30 heavy (non-hydrogen) atoms. The molecule has 2 amide bonds. The highest BCUT2D eigenvalue weighted by Crippen LogP contribution is 2.32. The first kappa shape index (κ1) is 21.4. The van der Waals surface area contributed by atoms with Gasteiger partial charge in [0.15, 0.2) is 11.5 Å². The third-order valence-electron chi connectivity index (χ3n) is 4.86. The van der Waals surface area contributed by atoms with Crippen molar-refractivity contribution >= 4 is 18.0 Å². The second-order valence-corrected chi connectivity index (χ2v) is 7.82. The first-order valence-electron chi connectivity index (χ1n) is 9.98. The van der Waals surface area contributed by atoms with Gasteiger partial charge in [0.1, 0.15) is 6.04 Å². The number of nitrogens with one attached hydrogen (secondary N) is 2. The molecular formula is C23H27N3O4. The number of ether oxygens (including phenoxy) is 2. The molecule has 1 aliphatic heterocycles. The number of fused-ring (bicyclic) bond motifs is 1. The summed E-state index contributed by atoms with van der Waals surface area (Å²) in [7, 11) is 0. The number of hydrazone groups is 1. The van der Waals surface area contributed by atoms with Crippen LogP contribution in [0.3, 0.4) is 0 Å². The normalized spacial score (nSPS) is 13.7. The lowest BCUT2D eigenvalue weighted by molar-refractivity contribution is -0.123. The molecule has 0 radical (unpaired) electrons. The number of nitrogens with zero attached hydrogens (tertiary/aromatic N) is 1. The summed E-state index contributed by atoms with van der Waals surface area (Å²) in [6.07, 6.45) is 1.58. The Balaban J connectivity index is 1.61. The first-order valence-corrected chi connectivity index (χ1v) is 9.98. The summed E-state index contributed by atoms with van der Waals surface area (Å²) < 4.78 is 10.6. The lowest BCUT2D eigenvalue weighted by Gasteiger charge is -2.20. The molecule has 3 rings (SSSR count). The van der Waals surface area contributed by atoms with Crippen molar-refractivity contribution in [3.63, 3.8) is 0 Å². The average molecular weight is 409 g/mol. The van der Waals surface area contributed by atoms with Crippen LogP contribution in [0.25, 0.3) is 0 Å². The zero-order valence-corrected chi connectivity index (χ0v) is 17.6. The van der Waals surface area contributed by atoms with Gasteiger partial charge in [0.05, 0.1) is 6.21 Å². The van der Waals surface area contributed by atoms with Crippen LogP contribution in [0.1, 0.15) is 55.1 Å². The monoisotopic (exact) mass is 409 g/mol. The van der Waals surface area contributed by atoms with Gasteiger partial charge in [0, 0.05) is 5.56 Å². The molecule has 0 saturated carbocycles. The number of hydrogen-bond acceptors (Lipinski definition) is 5. The van der Waals surface area contributed by atoms with E-state index in [0.717, 1.165) is 5.56 Å². The minimum atomic E-state index is -0.733. The predicted octanol–water partition coefficient (Wildman–Crippen LogP) is 3.44. The first-order chi connectivity index (χ1) is 14.3. The Kier molecular flexibility index (Phi) is 6.72. The van der Waals surface area contributed by atoms with Crippen LogP contribution < -0.4 is 20.2 Å². The molecule has 2 aromatic rings. The molecule has 7 heteroatoms. The molecule has 0 aromatic heterocycles. The number of carbonyl (C=O) groups is 2. The molecule has 0 spiro atoms. The van der Waals surface area contributed by atoms with Crippen molar-refractivity contribution in [2.24, 2.45) is 11.0 Å². The summed E-state index contributed by atoms with van der Waals surface area (Å²) >= 11 is 0. The van der Waals surface area contributed by atoms with E-state index in [2.05, 4.69) is 29.7 Å². The molecule has 1 unspecified atom stereocenters.